The van der Waals surface area contributed by atoms with Gasteiger partial charge in [0.25, 0.3) is 0 Å². The third-order valence-corrected chi connectivity index (χ3v) is 3.98. The van der Waals surface area contributed by atoms with E-state index in [0.717, 1.165) is 24.0 Å². The first kappa shape index (κ1) is 16.9. The van der Waals surface area contributed by atoms with Gasteiger partial charge in [0.05, 0.1) is 12.6 Å². The van der Waals surface area contributed by atoms with Gasteiger partial charge in [0.15, 0.2) is 5.78 Å². The number of ketones is 1. The number of aliphatic hydroxyl groups excluding tert-OH is 1. The van der Waals surface area contributed by atoms with E-state index in [0.29, 0.717) is 12.6 Å². The summed E-state index contributed by atoms with van der Waals surface area (Å²) in [7, 11) is 0. The minimum atomic E-state index is -0.199. The molecule has 0 bridgehead atoms. The highest BCUT2D eigenvalue weighted by atomic mass is 16.3. The lowest BCUT2D eigenvalue weighted by atomic mass is 10.00. The zero-order valence-corrected chi connectivity index (χ0v) is 13.1. The van der Waals surface area contributed by atoms with Crippen LogP contribution in [0.25, 0.3) is 0 Å². The minimum Gasteiger partial charge on any atom is -0.395 e. The maximum Gasteiger partial charge on any atom is 0.179 e. The van der Waals surface area contributed by atoms with Crippen molar-refractivity contribution in [1.29, 1.82) is 0 Å². The highest BCUT2D eigenvalue weighted by Crippen LogP contribution is 2.16. The van der Waals surface area contributed by atoms with E-state index in [1.54, 1.807) is 0 Å². The van der Waals surface area contributed by atoms with Crippen LogP contribution in [0.1, 0.15) is 49.5 Å². The fourth-order valence-corrected chi connectivity index (χ4v) is 2.68. The first-order valence-corrected chi connectivity index (χ1v) is 7.52. The summed E-state index contributed by atoms with van der Waals surface area (Å²) in [6, 6.07) is 7.85. The van der Waals surface area contributed by atoms with E-state index >= 15 is 0 Å². The number of carbonyl (C=O) groups is 1. The molecular weight excluding hydrogens is 250 g/mol. The SMILES string of the molecule is CCC(CC)N(CCO)C(C)C(=O)c1ccc(C)cc1. The molecule has 1 unspecified atom stereocenters. The van der Waals surface area contributed by atoms with Crippen LogP contribution in [0.4, 0.5) is 0 Å². The second-order valence-electron chi connectivity index (χ2n) is 5.34. The van der Waals surface area contributed by atoms with Crippen LogP contribution < -0.4 is 0 Å². The number of hydrogen-bond donors (Lipinski definition) is 1. The van der Waals surface area contributed by atoms with Crippen molar-refractivity contribution in [2.75, 3.05) is 13.2 Å². The van der Waals surface area contributed by atoms with Gasteiger partial charge in [-0.15, -0.1) is 0 Å². The Morgan fingerprint density at radius 2 is 1.75 bits per heavy atom. The molecule has 0 aliphatic rings. The first-order chi connectivity index (χ1) is 9.54. The summed E-state index contributed by atoms with van der Waals surface area (Å²) >= 11 is 0. The van der Waals surface area contributed by atoms with E-state index < -0.39 is 0 Å². The first-order valence-electron chi connectivity index (χ1n) is 7.52. The molecule has 1 aromatic carbocycles. The molecule has 0 saturated heterocycles. The van der Waals surface area contributed by atoms with E-state index in [9.17, 15) is 9.90 Å². The highest BCUT2D eigenvalue weighted by Gasteiger charge is 2.26. The third kappa shape index (κ3) is 4.15. The van der Waals surface area contributed by atoms with Crippen molar-refractivity contribution in [1.82, 2.24) is 4.90 Å². The smallest absolute Gasteiger partial charge is 0.179 e. The van der Waals surface area contributed by atoms with Crippen LogP contribution in [-0.2, 0) is 0 Å². The molecule has 1 N–H and O–H groups in total. The zero-order valence-electron chi connectivity index (χ0n) is 13.1. The summed E-state index contributed by atoms with van der Waals surface area (Å²) in [5.74, 6) is 0.130. The lowest BCUT2D eigenvalue weighted by Gasteiger charge is -2.34. The molecule has 3 heteroatoms. The molecule has 1 atom stereocenters. The number of rotatable bonds is 8. The number of hydrogen-bond acceptors (Lipinski definition) is 3. The Kier molecular flexibility index (Phi) is 6.89. The fraction of sp³-hybridized carbons (Fsp3) is 0.588. The molecule has 112 valence electrons. The minimum absolute atomic E-state index is 0.0853. The molecule has 20 heavy (non-hydrogen) atoms. The molecule has 0 amide bonds. The summed E-state index contributed by atoms with van der Waals surface area (Å²) in [5, 5.41) is 9.26. The standard InChI is InChI=1S/C17H27NO2/c1-5-16(6-2)18(11-12-19)14(4)17(20)15-9-7-13(3)8-10-15/h7-10,14,16,19H,5-6,11-12H2,1-4H3. The van der Waals surface area contributed by atoms with Crippen LogP contribution in [-0.4, -0.2) is 41.0 Å². The summed E-state index contributed by atoms with van der Waals surface area (Å²) in [6.07, 6.45) is 1.98. The van der Waals surface area contributed by atoms with Gasteiger partial charge in [-0.3, -0.25) is 9.69 Å². The van der Waals surface area contributed by atoms with Crippen molar-refractivity contribution in [3.8, 4) is 0 Å². The van der Waals surface area contributed by atoms with Crippen LogP contribution in [0.15, 0.2) is 24.3 Å². The van der Waals surface area contributed by atoms with Crippen molar-refractivity contribution in [3.63, 3.8) is 0 Å². The topological polar surface area (TPSA) is 40.5 Å². The predicted octanol–water partition coefficient (Wildman–Crippen LogP) is 3.05. The molecule has 1 rings (SSSR count). The molecule has 0 aliphatic heterocycles. The number of Topliss-reactive ketones (excluding diaryl/α,β-unsaturated/α-hetero) is 1. The van der Waals surface area contributed by atoms with Crippen LogP contribution in [0, 0.1) is 6.92 Å². The third-order valence-electron chi connectivity index (χ3n) is 3.98. The van der Waals surface area contributed by atoms with Gasteiger partial charge in [0.1, 0.15) is 0 Å². The Hall–Kier alpha value is -1.19. The fourth-order valence-electron chi connectivity index (χ4n) is 2.68. The van der Waals surface area contributed by atoms with Gasteiger partial charge in [-0.25, -0.2) is 0 Å². The second-order valence-corrected chi connectivity index (χ2v) is 5.34. The summed E-state index contributed by atoms with van der Waals surface area (Å²) in [5.41, 5.74) is 1.90. The normalized spacial score (nSPS) is 12.9. The predicted molar refractivity (Wildman–Crippen MR) is 83.1 cm³/mol. The molecule has 0 spiro atoms. The molecular formula is C17H27NO2. The van der Waals surface area contributed by atoms with Crippen molar-refractivity contribution in [3.05, 3.63) is 35.4 Å². The number of aryl methyl sites for hydroxylation is 1. The van der Waals surface area contributed by atoms with E-state index in [-0.39, 0.29) is 18.4 Å². The van der Waals surface area contributed by atoms with Gasteiger partial charge in [-0.05, 0) is 26.7 Å². The quantitative estimate of drug-likeness (QED) is 0.742. The van der Waals surface area contributed by atoms with Gasteiger partial charge in [0.2, 0.25) is 0 Å². The molecule has 0 heterocycles. The van der Waals surface area contributed by atoms with E-state index in [2.05, 4.69) is 18.7 Å². The lowest BCUT2D eigenvalue weighted by Crippen LogP contribution is -2.46. The van der Waals surface area contributed by atoms with E-state index in [4.69, 9.17) is 0 Å². The van der Waals surface area contributed by atoms with Crippen molar-refractivity contribution in [2.24, 2.45) is 0 Å². The Morgan fingerprint density at radius 3 is 2.20 bits per heavy atom. The zero-order chi connectivity index (χ0) is 15.1. The molecule has 0 aliphatic carbocycles. The summed E-state index contributed by atoms with van der Waals surface area (Å²) in [6.45, 7) is 8.84. The Bertz CT molecular complexity index is 410. The van der Waals surface area contributed by atoms with Gasteiger partial charge in [0, 0.05) is 18.2 Å². The summed E-state index contributed by atoms with van der Waals surface area (Å²) < 4.78 is 0. The molecule has 0 saturated carbocycles. The van der Waals surface area contributed by atoms with Crippen LogP contribution >= 0.6 is 0 Å². The van der Waals surface area contributed by atoms with Gasteiger partial charge < -0.3 is 5.11 Å². The number of carbonyl (C=O) groups excluding carboxylic acids is 1. The molecule has 0 radical (unpaired) electrons. The van der Waals surface area contributed by atoms with E-state index in [1.165, 1.54) is 0 Å². The second kappa shape index (κ2) is 8.18. The maximum atomic E-state index is 12.6. The monoisotopic (exact) mass is 277 g/mol. The van der Waals surface area contributed by atoms with Crippen LogP contribution in [0.3, 0.4) is 0 Å². The highest BCUT2D eigenvalue weighted by molar-refractivity contribution is 5.99. The Morgan fingerprint density at radius 1 is 1.20 bits per heavy atom. The molecule has 1 aromatic rings. The van der Waals surface area contributed by atoms with E-state index in [1.807, 2.05) is 38.1 Å². The average molecular weight is 277 g/mol. The Balaban J connectivity index is 2.90. The molecule has 3 nitrogen and oxygen atoms in total. The number of aliphatic hydroxyl groups is 1. The van der Waals surface area contributed by atoms with Crippen molar-refractivity contribution in [2.45, 2.75) is 52.6 Å². The Labute approximate surface area is 122 Å². The number of benzene rings is 1. The van der Waals surface area contributed by atoms with Gasteiger partial charge >= 0.3 is 0 Å². The summed E-state index contributed by atoms with van der Waals surface area (Å²) in [4.78, 5) is 14.7. The van der Waals surface area contributed by atoms with Crippen LogP contribution in [0.2, 0.25) is 0 Å². The van der Waals surface area contributed by atoms with Crippen LogP contribution in [0.5, 0.6) is 0 Å². The van der Waals surface area contributed by atoms with Gasteiger partial charge in [-0.1, -0.05) is 43.7 Å². The number of nitrogens with zero attached hydrogens (tertiary/aromatic N) is 1. The van der Waals surface area contributed by atoms with Crippen molar-refractivity contribution < 1.29 is 9.90 Å². The molecule has 0 fully saturated rings. The average Bonchev–Trinajstić information content (AvgIpc) is 2.47. The lowest BCUT2D eigenvalue weighted by molar-refractivity contribution is 0.0686. The van der Waals surface area contributed by atoms with Crippen molar-refractivity contribution >= 4 is 5.78 Å². The maximum absolute atomic E-state index is 12.6. The van der Waals surface area contributed by atoms with Gasteiger partial charge in [-0.2, -0.15) is 0 Å². The largest absolute Gasteiger partial charge is 0.395 e. The molecule has 0 aromatic heterocycles.